The second kappa shape index (κ2) is 8.19. The van der Waals surface area contributed by atoms with Crippen molar-refractivity contribution in [2.45, 2.75) is 50.7 Å². The van der Waals surface area contributed by atoms with E-state index in [1.54, 1.807) is 12.1 Å². The normalized spacial score (nSPS) is 13.8. The summed E-state index contributed by atoms with van der Waals surface area (Å²) in [6.07, 6.45) is 5.51. The van der Waals surface area contributed by atoms with Gasteiger partial charge in [0, 0.05) is 0 Å². The van der Waals surface area contributed by atoms with Crippen LogP contribution in [-0.4, -0.2) is 19.8 Å². The van der Waals surface area contributed by atoms with Crippen molar-refractivity contribution in [2.75, 3.05) is 0 Å². The molecule has 0 spiro atoms. The molecule has 0 fully saturated rings. The molecule has 0 radical (unpaired) electrons. The molecule has 0 aliphatic heterocycles. The fourth-order valence-corrected chi connectivity index (χ4v) is 2.62. The van der Waals surface area contributed by atoms with E-state index in [1.165, 1.54) is 12.1 Å². The van der Waals surface area contributed by atoms with Gasteiger partial charge in [-0.25, -0.2) is 4.18 Å². The average molecular weight is 298 g/mol. The second-order valence-corrected chi connectivity index (χ2v) is 6.20. The summed E-state index contributed by atoms with van der Waals surface area (Å²) in [4.78, 5) is 0.0630. The molecule has 0 bridgehead atoms. The lowest BCUT2D eigenvalue weighted by molar-refractivity contribution is -0.0187. The van der Waals surface area contributed by atoms with Gasteiger partial charge in [-0.05, 0) is 44.7 Å². The molecular formula is C15H22O4S. The topological polar surface area (TPSA) is 63.6 Å². The number of hydrogen-bond acceptors (Lipinski definition) is 4. The number of benzene rings is 1. The molecule has 20 heavy (non-hydrogen) atoms. The molecule has 0 aromatic heterocycles. The van der Waals surface area contributed by atoms with E-state index in [0.717, 1.165) is 18.4 Å². The largest absolute Gasteiger partial charge is 0.367 e. The smallest absolute Gasteiger partial charge is 0.299 e. The van der Waals surface area contributed by atoms with E-state index < -0.39 is 16.4 Å². The third-order valence-electron chi connectivity index (χ3n) is 2.77. The highest BCUT2D eigenvalue weighted by Gasteiger charge is 2.19. The number of allylic oxidation sites excluding steroid dienone is 2. The summed E-state index contributed by atoms with van der Waals surface area (Å²) in [5.74, 6) is 0. The lowest BCUT2D eigenvalue weighted by atomic mass is 10.2. The van der Waals surface area contributed by atoms with Gasteiger partial charge in [0.2, 0.25) is 0 Å². The molecule has 1 atom stereocenters. The van der Waals surface area contributed by atoms with Gasteiger partial charge in [0.15, 0.2) is 6.29 Å². The first-order valence-corrected chi connectivity index (χ1v) is 8.19. The molecule has 1 rings (SSSR count). The molecule has 0 aliphatic carbocycles. The number of unbranched alkanes of at least 4 members (excludes halogenated alkanes) is 1. The Balaban J connectivity index is 2.49. The van der Waals surface area contributed by atoms with Crippen molar-refractivity contribution in [3.05, 3.63) is 42.0 Å². The van der Waals surface area contributed by atoms with Gasteiger partial charge in [0.25, 0.3) is 10.1 Å². The Bertz CT molecular complexity index is 517. The van der Waals surface area contributed by atoms with Gasteiger partial charge in [-0.2, -0.15) is 8.42 Å². The van der Waals surface area contributed by atoms with Gasteiger partial charge in [-0.1, -0.05) is 36.8 Å². The summed E-state index contributed by atoms with van der Waals surface area (Å²) in [7, 11) is -3.89. The van der Waals surface area contributed by atoms with Gasteiger partial charge >= 0.3 is 0 Å². The van der Waals surface area contributed by atoms with Gasteiger partial charge in [-0.15, -0.1) is 0 Å². The molecule has 5 heteroatoms. The summed E-state index contributed by atoms with van der Waals surface area (Å²) >= 11 is 0. The standard InChI is InChI=1S/C15H22O4S/c1-3-4-5-6-7-8-15(16)19-20(17,18)14-11-9-13(2)10-12-14/h4-5,9-12,15-16H,3,6-8H2,1-2H3/b5-4-. The highest BCUT2D eigenvalue weighted by atomic mass is 32.2. The molecule has 1 N–H and O–H groups in total. The van der Waals surface area contributed by atoms with Crippen molar-refractivity contribution in [3.63, 3.8) is 0 Å². The van der Waals surface area contributed by atoms with Crippen LogP contribution in [0.3, 0.4) is 0 Å². The number of aryl methyl sites for hydroxylation is 1. The Kier molecular flexibility index (Phi) is 6.91. The molecule has 0 saturated carbocycles. The molecular weight excluding hydrogens is 276 g/mol. The minimum Gasteiger partial charge on any atom is -0.367 e. The van der Waals surface area contributed by atoms with Crippen LogP contribution in [0, 0.1) is 6.92 Å². The SMILES string of the molecule is CC/C=C\CCCC(O)OS(=O)(=O)c1ccc(C)cc1. The average Bonchev–Trinajstić information content (AvgIpc) is 2.38. The Hall–Kier alpha value is -1.17. The van der Waals surface area contributed by atoms with Gasteiger partial charge in [-0.3, -0.25) is 0 Å². The maximum absolute atomic E-state index is 11.9. The van der Waals surface area contributed by atoms with Crippen molar-refractivity contribution < 1.29 is 17.7 Å². The minimum absolute atomic E-state index is 0.0630. The van der Waals surface area contributed by atoms with E-state index in [-0.39, 0.29) is 4.90 Å². The Morgan fingerprint density at radius 3 is 2.50 bits per heavy atom. The zero-order chi connectivity index (χ0) is 15.0. The third kappa shape index (κ3) is 5.86. The van der Waals surface area contributed by atoms with Gasteiger partial charge < -0.3 is 5.11 Å². The minimum atomic E-state index is -3.89. The van der Waals surface area contributed by atoms with Crippen LogP contribution < -0.4 is 0 Å². The highest BCUT2D eigenvalue weighted by Crippen LogP contribution is 2.16. The molecule has 1 unspecified atom stereocenters. The van der Waals surface area contributed by atoms with Crippen LogP contribution in [0.2, 0.25) is 0 Å². The Labute approximate surface area is 121 Å². The summed E-state index contributed by atoms with van der Waals surface area (Å²) < 4.78 is 28.6. The predicted molar refractivity (Wildman–Crippen MR) is 78.7 cm³/mol. The zero-order valence-electron chi connectivity index (χ0n) is 12.0. The van der Waals surface area contributed by atoms with Gasteiger partial charge in [0.05, 0.1) is 4.90 Å². The number of hydrogen-bond donors (Lipinski definition) is 1. The number of aliphatic hydroxyl groups excluding tert-OH is 1. The second-order valence-electron chi connectivity index (χ2n) is 4.63. The highest BCUT2D eigenvalue weighted by molar-refractivity contribution is 7.86. The first kappa shape index (κ1) is 16.9. The van der Waals surface area contributed by atoms with E-state index in [9.17, 15) is 13.5 Å². The first-order valence-electron chi connectivity index (χ1n) is 6.78. The van der Waals surface area contributed by atoms with Gasteiger partial charge in [0.1, 0.15) is 0 Å². The summed E-state index contributed by atoms with van der Waals surface area (Å²) in [5, 5.41) is 9.63. The fraction of sp³-hybridized carbons (Fsp3) is 0.467. The van der Waals surface area contributed by atoms with E-state index in [0.29, 0.717) is 12.8 Å². The van der Waals surface area contributed by atoms with Crippen LogP contribution in [-0.2, 0) is 14.3 Å². The fourth-order valence-electron chi connectivity index (χ4n) is 1.65. The van der Waals surface area contributed by atoms with E-state index in [4.69, 9.17) is 4.18 Å². The van der Waals surface area contributed by atoms with E-state index in [1.807, 2.05) is 26.0 Å². The molecule has 112 valence electrons. The van der Waals surface area contributed by atoms with Crippen LogP contribution >= 0.6 is 0 Å². The van der Waals surface area contributed by atoms with Crippen LogP contribution in [0.15, 0.2) is 41.3 Å². The molecule has 4 nitrogen and oxygen atoms in total. The lowest BCUT2D eigenvalue weighted by Crippen LogP contribution is -2.18. The van der Waals surface area contributed by atoms with E-state index in [2.05, 4.69) is 0 Å². The summed E-state index contributed by atoms with van der Waals surface area (Å²) in [5.41, 5.74) is 0.965. The maximum atomic E-state index is 11.9. The molecule has 0 aliphatic rings. The zero-order valence-corrected chi connectivity index (χ0v) is 12.8. The number of aliphatic hydroxyl groups is 1. The summed E-state index contributed by atoms with van der Waals surface area (Å²) in [6.45, 7) is 3.92. The molecule has 0 saturated heterocycles. The van der Waals surface area contributed by atoms with Crippen LogP contribution in [0.25, 0.3) is 0 Å². The monoisotopic (exact) mass is 298 g/mol. The van der Waals surface area contributed by atoms with Crippen molar-refractivity contribution in [1.82, 2.24) is 0 Å². The van der Waals surface area contributed by atoms with Crippen molar-refractivity contribution in [1.29, 1.82) is 0 Å². The first-order chi connectivity index (χ1) is 9.45. The molecule has 0 heterocycles. The van der Waals surface area contributed by atoms with Crippen molar-refractivity contribution >= 4 is 10.1 Å². The maximum Gasteiger partial charge on any atom is 0.299 e. The van der Waals surface area contributed by atoms with E-state index >= 15 is 0 Å². The van der Waals surface area contributed by atoms with Crippen LogP contribution in [0.4, 0.5) is 0 Å². The van der Waals surface area contributed by atoms with Crippen LogP contribution in [0.5, 0.6) is 0 Å². The molecule has 1 aromatic carbocycles. The lowest BCUT2D eigenvalue weighted by Gasteiger charge is -2.11. The number of rotatable bonds is 8. The Morgan fingerprint density at radius 2 is 1.90 bits per heavy atom. The summed E-state index contributed by atoms with van der Waals surface area (Å²) in [6, 6.07) is 6.33. The quantitative estimate of drug-likeness (QED) is 0.346. The third-order valence-corrected chi connectivity index (χ3v) is 4.10. The molecule has 0 amide bonds. The van der Waals surface area contributed by atoms with Crippen LogP contribution in [0.1, 0.15) is 38.2 Å². The van der Waals surface area contributed by atoms with Crippen molar-refractivity contribution in [3.8, 4) is 0 Å². The molecule has 1 aromatic rings. The Morgan fingerprint density at radius 1 is 1.25 bits per heavy atom. The predicted octanol–water partition coefficient (Wildman–Crippen LogP) is 3.16. The van der Waals surface area contributed by atoms with Crippen molar-refractivity contribution in [2.24, 2.45) is 0 Å².